The molecule has 0 atom stereocenters. The van der Waals surface area contributed by atoms with Gasteiger partial charge in [-0.1, -0.05) is 6.92 Å². The fourth-order valence-electron chi connectivity index (χ4n) is 1.64. The summed E-state index contributed by atoms with van der Waals surface area (Å²) >= 11 is 1.53. The summed E-state index contributed by atoms with van der Waals surface area (Å²) in [6, 6.07) is 5.67. The molecule has 21 heavy (non-hydrogen) atoms. The Morgan fingerprint density at radius 2 is 1.95 bits per heavy atom. The summed E-state index contributed by atoms with van der Waals surface area (Å²) in [6.45, 7) is 2.13. The van der Waals surface area contributed by atoms with Gasteiger partial charge in [0.25, 0.3) is 0 Å². The number of rotatable bonds is 5. The van der Waals surface area contributed by atoms with Crippen molar-refractivity contribution in [2.45, 2.75) is 24.8 Å². The van der Waals surface area contributed by atoms with Gasteiger partial charge >= 0.3 is 5.97 Å². The molecule has 1 aromatic carbocycles. The highest BCUT2D eigenvalue weighted by Gasteiger charge is 2.11. The predicted molar refractivity (Wildman–Crippen MR) is 80.2 cm³/mol. The van der Waals surface area contributed by atoms with Crippen molar-refractivity contribution < 1.29 is 17.9 Å². The van der Waals surface area contributed by atoms with Crippen LogP contribution in [0.25, 0.3) is 0 Å². The first-order valence-corrected chi connectivity index (χ1v) is 9.07. The van der Waals surface area contributed by atoms with E-state index in [4.69, 9.17) is 4.74 Å². The predicted octanol–water partition coefficient (Wildman–Crippen LogP) is 2.47. The maximum Gasteiger partial charge on any atom is 0.338 e. The van der Waals surface area contributed by atoms with Gasteiger partial charge in [0.2, 0.25) is 0 Å². The molecular formula is C14H15NO4S2. The van der Waals surface area contributed by atoms with Crippen molar-refractivity contribution in [1.29, 1.82) is 0 Å². The van der Waals surface area contributed by atoms with E-state index < -0.39 is 15.8 Å². The standard InChI is InChI=1S/C14H15NO4S2/c1-3-13-15-11(9-20-13)8-19-14(16)10-4-6-12(7-5-10)21(2,17)18/h4-7,9H,3,8H2,1-2H3. The van der Waals surface area contributed by atoms with E-state index in [0.29, 0.717) is 5.56 Å². The lowest BCUT2D eigenvalue weighted by atomic mass is 10.2. The van der Waals surface area contributed by atoms with Crippen molar-refractivity contribution in [3.05, 3.63) is 45.9 Å². The Morgan fingerprint density at radius 1 is 1.29 bits per heavy atom. The minimum Gasteiger partial charge on any atom is -0.456 e. The topological polar surface area (TPSA) is 73.3 Å². The normalized spacial score (nSPS) is 11.3. The number of benzene rings is 1. The maximum atomic E-state index is 11.9. The summed E-state index contributed by atoms with van der Waals surface area (Å²) < 4.78 is 27.8. The van der Waals surface area contributed by atoms with Gasteiger partial charge in [-0.25, -0.2) is 18.2 Å². The molecule has 2 aromatic rings. The molecule has 0 N–H and O–H groups in total. The molecule has 0 bridgehead atoms. The number of aryl methyl sites for hydroxylation is 1. The Hall–Kier alpha value is -1.73. The van der Waals surface area contributed by atoms with Crippen molar-refractivity contribution in [3.8, 4) is 0 Å². The number of nitrogens with zero attached hydrogens (tertiary/aromatic N) is 1. The summed E-state index contributed by atoms with van der Waals surface area (Å²) in [5.74, 6) is -0.499. The van der Waals surface area contributed by atoms with E-state index in [1.807, 2.05) is 12.3 Å². The van der Waals surface area contributed by atoms with Gasteiger partial charge in [-0.15, -0.1) is 11.3 Å². The molecule has 0 fully saturated rings. The third kappa shape index (κ3) is 4.12. The van der Waals surface area contributed by atoms with Gasteiger partial charge in [-0.2, -0.15) is 0 Å². The lowest BCUT2D eigenvalue weighted by Gasteiger charge is -2.04. The van der Waals surface area contributed by atoms with Gasteiger partial charge in [0.05, 0.1) is 21.2 Å². The first-order valence-electron chi connectivity index (χ1n) is 6.30. The molecule has 0 spiro atoms. The average molecular weight is 325 g/mol. The molecule has 1 aromatic heterocycles. The molecule has 2 rings (SSSR count). The van der Waals surface area contributed by atoms with Gasteiger partial charge in [0.1, 0.15) is 6.61 Å². The van der Waals surface area contributed by atoms with Crippen LogP contribution in [-0.4, -0.2) is 25.6 Å². The van der Waals surface area contributed by atoms with Crippen LogP contribution in [-0.2, 0) is 27.6 Å². The number of hydrogen-bond acceptors (Lipinski definition) is 6. The monoisotopic (exact) mass is 325 g/mol. The molecule has 7 heteroatoms. The van der Waals surface area contributed by atoms with Crippen molar-refractivity contribution in [3.63, 3.8) is 0 Å². The maximum absolute atomic E-state index is 11.9. The molecule has 5 nitrogen and oxygen atoms in total. The zero-order chi connectivity index (χ0) is 15.5. The van der Waals surface area contributed by atoms with Crippen molar-refractivity contribution in [2.75, 3.05) is 6.26 Å². The summed E-state index contributed by atoms with van der Waals surface area (Å²) in [5, 5.41) is 2.86. The van der Waals surface area contributed by atoms with Gasteiger partial charge in [0, 0.05) is 11.6 Å². The number of ether oxygens (including phenoxy) is 1. The van der Waals surface area contributed by atoms with Crippen LogP contribution in [0.4, 0.5) is 0 Å². The molecule has 1 heterocycles. The molecule has 112 valence electrons. The number of hydrogen-bond donors (Lipinski definition) is 0. The zero-order valence-corrected chi connectivity index (χ0v) is 13.3. The van der Waals surface area contributed by atoms with E-state index in [0.717, 1.165) is 23.4 Å². The Bertz CT molecular complexity index is 733. The highest BCUT2D eigenvalue weighted by molar-refractivity contribution is 7.90. The minimum atomic E-state index is -3.26. The average Bonchev–Trinajstić information content (AvgIpc) is 2.92. The molecule has 0 aliphatic carbocycles. The SMILES string of the molecule is CCc1nc(COC(=O)c2ccc(S(C)(=O)=O)cc2)cs1. The number of carbonyl (C=O) groups excluding carboxylic acids is 1. The smallest absolute Gasteiger partial charge is 0.338 e. The summed E-state index contributed by atoms with van der Waals surface area (Å²) in [7, 11) is -3.26. The number of aromatic nitrogens is 1. The minimum absolute atomic E-state index is 0.114. The van der Waals surface area contributed by atoms with Crippen LogP contribution in [0.5, 0.6) is 0 Å². The number of thiazole rings is 1. The molecule has 0 aliphatic rings. The Morgan fingerprint density at radius 3 is 2.48 bits per heavy atom. The van der Waals surface area contributed by atoms with E-state index in [2.05, 4.69) is 4.98 Å². The van der Waals surface area contributed by atoms with Gasteiger partial charge < -0.3 is 4.74 Å². The Balaban J connectivity index is 2.00. The van der Waals surface area contributed by atoms with E-state index in [-0.39, 0.29) is 11.5 Å². The first-order chi connectivity index (χ1) is 9.90. The van der Waals surface area contributed by atoms with Crippen LogP contribution in [0.3, 0.4) is 0 Å². The van der Waals surface area contributed by atoms with Crippen LogP contribution in [0, 0.1) is 0 Å². The van der Waals surface area contributed by atoms with E-state index >= 15 is 0 Å². The zero-order valence-electron chi connectivity index (χ0n) is 11.7. The van der Waals surface area contributed by atoms with E-state index in [1.165, 1.54) is 35.6 Å². The Labute approximate surface area is 127 Å². The second-order valence-electron chi connectivity index (χ2n) is 4.46. The summed E-state index contributed by atoms with van der Waals surface area (Å²) in [5.41, 5.74) is 1.03. The van der Waals surface area contributed by atoms with Crippen molar-refractivity contribution in [1.82, 2.24) is 4.98 Å². The highest BCUT2D eigenvalue weighted by atomic mass is 32.2. The van der Waals surface area contributed by atoms with E-state index in [1.54, 1.807) is 0 Å². The van der Waals surface area contributed by atoms with Crippen LogP contribution in [0.2, 0.25) is 0 Å². The third-order valence-electron chi connectivity index (χ3n) is 2.77. The van der Waals surface area contributed by atoms with Gasteiger partial charge in [0.15, 0.2) is 9.84 Å². The highest BCUT2D eigenvalue weighted by Crippen LogP contribution is 2.14. The fourth-order valence-corrected chi connectivity index (χ4v) is 3.00. The van der Waals surface area contributed by atoms with Crippen molar-refractivity contribution in [2.24, 2.45) is 0 Å². The second kappa shape index (κ2) is 6.36. The van der Waals surface area contributed by atoms with Gasteiger partial charge in [-0.05, 0) is 30.7 Å². The molecule has 0 aliphatic heterocycles. The number of carbonyl (C=O) groups is 1. The van der Waals surface area contributed by atoms with Gasteiger partial charge in [-0.3, -0.25) is 0 Å². The summed E-state index contributed by atoms with van der Waals surface area (Å²) in [6.07, 6.45) is 1.97. The second-order valence-corrected chi connectivity index (χ2v) is 7.42. The number of esters is 1. The fraction of sp³-hybridized carbons (Fsp3) is 0.286. The molecule has 0 unspecified atom stereocenters. The third-order valence-corrected chi connectivity index (χ3v) is 4.94. The molecule has 0 saturated carbocycles. The first kappa shape index (κ1) is 15.7. The van der Waals surface area contributed by atoms with Crippen LogP contribution < -0.4 is 0 Å². The van der Waals surface area contributed by atoms with Crippen LogP contribution in [0.1, 0.15) is 28.0 Å². The Kier molecular flexibility index (Phi) is 4.74. The number of sulfone groups is 1. The van der Waals surface area contributed by atoms with E-state index in [9.17, 15) is 13.2 Å². The molecule has 0 saturated heterocycles. The lowest BCUT2D eigenvalue weighted by molar-refractivity contribution is 0.0468. The lowest BCUT2D eigenvalue weighted by Crippen LogP contribution is -2.06. The quantitative estimate of drug-likeness (QED) is 0.790. The molecule has 0 amide bonds. The molecular weight excluding hydrogens is 310 g/mol. The van der Waals surface area contributed by atoms with Crippen LogP contribution in [0.15, 0.2) is 34.5 Å². The van der Waals surface area contributed by atoms with Crippen molar-refractivity contribution >= 4 is 27.1 Å². The van der Waals surface area contributed by atoms with Crippen LogP contribution >= 0.6 is 11.3 Å². The molecule has 0 radical (unpaired) electrons. The largest absolute Gasteiger partial charge is 0.456 e. The summed E-state index contributed by atoms with van der Waals surface area (Å²) in [4.78, 5) is 16.3.